The number of rotatable bonds is 2. The second-order valence-electron chi connectivity index (χ2n) is 2.59. The molecular formula is C7H10O4. The van der Waals surface area contributed by atoms with Crippen molar-refractivity contribution in [1.29, 1.82) is 0 Å². The van der Waals surface area contributed by atoms with Crippen LogP contribution in [0.15, 0.2) is 0 Å². The largest absolute Gasteiger partial charge is 0.463 e. The van der Waals surface area contributed by atoms with E-state index in [1.54, 1.807) is 0 Å². The summed E-state index contributed by atoms with van der Waals surface area (Å²) >= 11 is 0. The fourth-order valence-electron chi connectivity index (χ4n) is 1.06. The Morgan fingerprint density at radius 2 is 2.45 bits per heavy atom. The summed E-state index contributed by atoms with van der Waals surface area (Å²) in [6, 6.07) is 0. The minimum atomic E-state index is -0.693. The second kappa shape index (κ2) is 3.37. The van der Waals surface area contributed by atoms with Crippen LogP contribution in [-0.4, -0.2) is 25.2 Å². The quantitative estimate of drug-likeness (QED) is 0.423. The van der Waals surface area contributed by atoms with Crippen molar-refractivity contribution in [3.05, 3.63) is 0 Å². The van der Waals surface area contributed by atoms with E-state index >= 15 is 0 Å². The first-order valence-corrected chi connectivity index (χ1v) is 3.51. The Morgan fingerprint density at radius 1 is 1.73 bits per heavy atom. The van der Waals surface area contributed by atoms with Gasteiger partial charge >= 0.3 is 5.97 Å². The maximum atomic E-state index is 10.9. The minimum Gasteiger partial charge on any atom is -0.463 e. The Labute approximate surface area is 64.5 Å². The van der Waals surface area contributed by atoms with Crippen molar-refractivity contribution in [3.63, 3.8) is 0 Å². The van der Waals surface area contributed by atoms with Crippen molar-refractivity contribution in [2.24, 2.45) is 5.92 Å². The highest BCUT2D eigenvalue weighted by Crippen LogP contribution is 2.17. The van der Waals surface area contributed by atoms with Crippen LogP contribution in [0, 0.1) is 5.92 Å². The zero-order valence-corrected chi connectivity index (χ0v) is 6.28. The van der Waals surface area contributed by atoms with Gasteiger partial charge in [-0.05, 0) is 6.42 Å². The molecule has 0 radical (unpaired) electrons. The molecule has 4 heteroatoms. The fourth-order valence-corrected chi connectivity index (χ4v) is 1.06. The Kier molecular flexibility index (Phi) is 2.46. The SMILES string of the molecule is CC1CCOC(=O)C1OC=O. The molecule has 2 unspecified atom stereocenters. The van der Waals surface area contributed by atoms with Gasteiger partial charge in [-0.2, -0.15) is 0 Å². The van der Waals surface area contributed by atoms with Crippen molar-refractivity contribution in [2.75, 3.05) is 6.61 Å². The summed E-state index contributed by atoms with van der Waals surface area (Å²) in [6.45, 7) is 2.57. The van der Waals surface area contributed by atoms with Gasteiger partial charge in [-0.25, -0.2) is 4.79 Å². The van der Waals surface area contributed by atoms with E-state index in [1.165, 1.54) is 0 Å². The lowest BCUT2D eigenvalue weighted by Gasteiger charge is -2.25. The molecule has 2 atom stereocenters. The third-order valence-corrected chi connectivity index (χ3v) is 1.77. The fraction of sp³-hybridized carbons (Fsp3) is 0.714. The molecule has 62 valence electrons. The van der Waals surface area contributed by atoms with E-state index in [0.29, 0.717) is 6.61 Å². The highest BCUT2D eigenvalue weighted by Gasteiger charge is 2.31. The lowest BCUT2D eigenvalue weighted by Crippen LogP contribution is -2.37. The minimum absolute atomic E-state index is 0.0708. The first-order chi connectivity index (χ1) is 5.25. The summed E-state index contributed by atoms with van der Waals surface area (Å²) in [4.78, 5) is 20.8. The molecule has 11 heavy (non-hydrogen) atoms. The molecule has 4 nitrogen and oxygen atoms in total. The maximum absolute atomic E-state index is 10.9. The van der Waals surface area contributed by atoms with Crippen molar-refractivity contribution < 1.29 is 19.1 Å². The average molecular weight is 158 g/mol. The van der Waals surface area contributed by atoms with Crippen LogP contribution in [-0.2, 0) is 19.1 Å². The number of hydrogen-bond acceptors (Lipinski definition) is 4. The molecule has 1 heterocycles. The van der Waals surface area contributed by atoms with Crippen LogP contribution in [0.3, 0.4) is 0 Å². The van der Waals surface area contributed by atoms with Gasteiger partial charge in [0.05, 0.1) is 6.61 Å². The van der Waals surface area contributed by atoms with Gasteiger partial charge in [0.25, 0.3) is 6.47 Å². The van der Waals surface area contributed by atoms with E-state index in [4.69, 9.17) is 4.74 Å². The van der Waals surface area contributed by atoms with Crippen LogP contribution in [0.1, 0.15) is 13.3 Å². The zero-order valence-electron chi connectivity index (χ0n) is 6.28. The van der Waals surface area contributed by atoms with Crippen LogP contribution < -0.4 is 0 Å². The molecular weight excluding hydrogens is 148 g/mol. The summed E-state index contributed by atoms with van der Waals surface area (Å²) in [5.41, 5.74) is 0. The Balaban J connectivity index is 2.54. The Morgan fingerprint density at radius 3 is 3.00 bits per heavy atom. The molecule has 0 saturated carbocycles. The van der Waals surface area contributed by atoms with Crippen LogP contribution in [0.4, 0.5) is 0 Å². The van der Waals surface area contributed by atoms with Crippen LogP contribution >= 0.6 is 0 Å². The summed E-state index contributed by atoms with van der Waals surface area (Å²) in [7, 11) is 0. The molecule has 0 N–H and O–H groups in total. The standard InChI is InChI=1S/C7H10O4/c1-5-2-3-10-7(9)6(5)11-4-8/h4-6H,2-3H2,1H3. The lowest BCUT2D eigenvalue weighted by molar-refractivity contribution is -0.171. The van der Waals surface area contributed by atoms with E-state index < -0.39 is 12.1 Å². The topological polar surface area (TPSA) is 52.6 Å². The number of ether oxygens (including phenoxy) is 2. The van der Waals surface area contributed by atoms with Gasteiger partial charge < -0.3 is 9.47 Å². The molecule has 0 spiro atoms. The average Bonchev–Trinajstić information content (AvgIpc) is 1.97. The molecule has 1 saturated heterocycles. The number of hydrogen-bond donors (Lipinski definition) is 0. The van der Waals surface area contributed by atoms with E-state index in [2.05, 4.69) is 4.74 Å². The molecule has 0 aromatic heterocycles. The molecule has 0 aromatic carbocycles. The van der Waals surface area contributed by atoms with Gasteiger partial charge in [-0.3, -0.25) is 4.79 Å². The van der Waals surface area contributed by atoms with Gasteiger partial charge in [0.2, 0.25) is 6.10 Å². The van der Waals surface area contributed by atoms with Crippen LogP contribution in [0.2, 0.25) is 0 Å². The van der Waals surface area contributed by atoms with Gasteiger partial charge in [0, 0.05) is 5.92 Å². The summed E-state index contributed by atoms with van der Waals surface area (Å²) in [5.74, 6) is -0.364. The number of carbonyl (C=O) groups is 2. The first kappa shape index (κ1) is 8.04. The molecule has 1 fully saturated rings. The molecule has 1 rings (SSSR count). The lowest BCUT2D eigenvalue weighted by atomic mass is 9.99. The van der Waals surface area contributed by atoms with Crippen LogP contribution in [0.5, 0.6) is 0 Å². The Hall–Kier alpha value is -1.06. The normalized spacial score (nSPS) is 30.8. The molecule has 1 aliphatic rings. The van der Waals surface area contributed by atoms with Gasteiger partial charge in [-0.15, -0.1) is 0 Å². The Bertz CT molecular complexity index is 166. The third kappa shape index (κ3) is 1.69. The smallest absolute Gasteiger partial charge is 0.347 e. The van der Waals surface area contributed by atoms with E-state index in [9.17, 15) is 9.59 Å². The molecule has 0 aromatic rings. The predicted molar refractivity (Wildman–Crippen MR) is 35.7 cm³/mol. The second-order valence-corrected chi connectivity index (χ2v) is 2.59. The monoisotopic (exact) mass is 158 g/mol. The molecule has 0 amide bonds. The third-order valence-electron chi connectivity index (χ3n) is 1.77. The van der Waals surface area contributed by atoms with E-state index in [1.807, 2.05) is 6.92 Å². The number of carbonyl (C=O) groups excluding carboxylic acids is 2. The summed E-state index contributed by atoms with van der Waals surface area (Å²) in [5, 5.41) is 0. The molecule has 0 aliphatic carbocycles. The highest BCUT2D eigenvalue weighted by atomic mass is 16.6. The number of cyclic esters (lactones) is 1. The van der Waals surface area contributed by atoms with Gasteiger partial charge in [0.1, 0.15) is 0 Å². The zero-order chi connectivity index (χ0) is 8.27. The maximum Gasteiger partial charge on any atom is 0.347 e. The van der Waals surface area contributed by atoms with E-state index in [0.717, 1.165) is 6.42 Å². The van der Waals surface area contributed by atoms with Crippen molar-refractivity contribution in [2.45, 2.75) is 19.4 Å². The van der Waals surface area contributed by atoms with Gasteiger partial charge in [0.15, 0.2) is 0 Å². The van der Waals surface area contributed by atoms with Crippen molar-refractivity contribution >= 4 is 12.4 Å². The molecule has 0 bridgehead atoms. The highest BCUT2D eigenvalue weighted by molar-refractivity contribution is 5.76. The van der Waals surface area contributed by atoms with Crippen LogP contribution in [0.25, 0.3) is 0 Å². The number of esters is 1. The van der Waals surface area contributed by atoms with Crippen molar-refractivity contribution in [3.8, 4) is 0 Å². The van der Waals surface area contributed by atoms with Gasteiger partial charge in [-0.1, -0.05) is 6.92 Å². The van der Waals surface area contributed by atoms with Crippen molar-refractivity contribution in [1.82, 2.24) is 0 Å². The molecule has 1 aliphatic heterocycles. The predicted octanol–water partition coefficient (Wildman–Crippen LogP) is 0.111. The summed E-state index contributed by atoms with van der Waals surface area (Å²) < 4.78 is 9.24. The first-order valence-electron chi connectivity index (χ1n) is 3.51. The van der Waals surface area contributed by atoms with E-state index in [-0.39, 0.29) is 12.4 Å². The summed E-state index contributed by atoms with van der Waals surface area (Å²) in [6.07, 6.45) is 0.0609.